The summed E-state index contributed by atoms with van der Waals surface area (Å²) < 4.78 is 19.0. The molecule has 1 aromatic rings. The van der Waals surface area contributed by atoms with Crippen molar-refractivity contribution in [2.45, 2.75) is 45.0 Å². The Labute approximate surface area is 134 Å². The van der Waals surface area contributed by atoms with E-state index in [9.17, 15) is 9.18 Å². The average Bonchev–Trinajstić information content (AvgIpc) is 2.77. The van der Waals surface area contributed by atoms with Crippen LogP contribution in [0.5, 0.6) is 0 Å². The Morgan fingerprint density at radius 1 is 1.50 bits per heavy atom. The molecule has 0 bridgehead atoms. The van der Waals surface area contributed by atoms with Crippen molar-refractivity contribution in [1.82, 2.24) is 15.1 Å². The zero-order valence-electron chi connectivity index (χ0n) is 12.8. The van der Waals surface area contributed by atoms with Crippen molar-refractivity contribution in [3.63, 3.8) is 0 Å². The van der Waals surface area contributed by atoms with Gasteiger partial charge in [-0.2, -0.15) is 0 Å². The predicted octanol–water partition coefficient (Wildman–Crippen LogP) is 2.89. The van der Waals surface area contributed by atoms with Gasteiger partial charge in [-0.1, -0.05) is 11.6 Å². The normalized spacial score (nSPS) is 21.8. The summed E-state index contributed by atoms with van der Waals surface area (Å²) in [5.74, 6) is 0.524. The molecule has 122 valence electrons. The molecule has 8 heteroatoms. The van der Waals surface area contributed by atoms with E-state index in [0.717, 1.165) is 0 Å². The highest BCUT2D eigenvalue weighted by Crippen LogP contribution is 2.23. The van der Waals surface area contributed by atoms with Crippen LogP contribution in [0.25, 0.3) is 0 Å². The Morgan fingerprint density at radius 3 is 2.82 bits per heavy atom. The highest BCUT2D eigenvalue weighted by molar-refractivity contribution is 6.29. The molecule has 0 aliphatic carbocycles. The third-order valence-corrected chi connectivity index (χ3v) is 3.34. The van der Waals surface area contributed by atoms with Crippen molar-refractivity contribution in [3.05, 3.63) is 17.3 Å². The number of rotatable bonds is 3. The highest BCUT2D eigenvalue weighted by Gasteiger charge is 2.37. The summed E-state index contributed by atoms with van der Waals surface area (Å²) in [6.45, 7) is 5.77. The minimum Gasteiger partial charge on any atom is -0.444 e. The number of likely N-dealkylation sites (tertiary alicyclic amines) is 1. The van der Waals surface area contributed by atoms with Gasteiger partial charge >= 0.3 is 6.09 Å². The van der Waals surface area contributed by atoms with Crippen molar-refractivity contribution in [1.29, 1.82) is 0 Å². The number of nitrogens with one attached hydrogen (secondary N) is 1. The number of hydrogen-bond donors (Lipinski definition) is 1. The van der Waals surface area contributed by atoms with Crippen molar-refractivity contribution in [2.75, 3.05) is 18.4 Å². The van der Waals surface area contributed by atoms with Crippen molar-refractivity contribution >= 4 is 23.5 Å². The second-order valence-corrected chi connectivity index (χ2v) is 6.63. The topological polar surface area (TPSA) is 67.3 Å². The molecule has 0 spiro atoms. The van der Waals surface area contributed by atoms with Crippen molar-refractivity contribution < 1.29 is 13.9 Å². The smallest absolute Gasteiger partial charge is 0.410 e. The number of alkyl halides is 1. The van der Waals surface area contributed by atoms with Gasteiger partial charge < -0.3 is 15.0 Å². The van der Waals surface area contributed by atoms with Crippen LogP contribution in [0.3, 0.4) is 0 Å². The van der Waals surface area contributed by atoms with Crippen LogP contribution in [0, 0.1) is 0 Å². The van der Waals surface area contributed by atoms with Crippen molar-refractivity contribution in [2.24, 2.45) is 0 Å². The fraction of sp³-hybridized carbons (Fsp3) is 0.643. The van der Waals surface area contributed by atoms with Gasteiger partial charge in [-0.15, -0.1) is 10.2 Å². The summed E-state index contributed by atoms with van der Waals surface area (Å²) in [6, 6.07) is 2.99. The first-order valence-corrected chi connectivity index (χ1v) is 7.49. The SMILES string of the molecule is CC(C)(C)OC(=O)N1C[C@H](F)C[C@H]1CNc1ccc(Cl)nn1. The van der Waals surface area contributed by atoms with E-state index in [0.29, 0.717) is 17.5 Å². The third-order valence-electron chi connectivity index (χ3n) is 3.14. The van der Waals surface area contributed by atoms with E-state index in [1.807, 2.05) is 0 Å². The maximum absolute atomic E-state index is 13.7. The van der Waals surface area contributed by atoms with Crippen LogP contribution >= 0.6 is 11.6 Å². The zero-order chi connectivity index (χ0) is 16.3. The van der Waals surface area contributed by atoms with E-state index in [1.54, 1.807) is 32.9 Å². The molecule has 2 atom stereocenters. The highest BCUT2D eigenvalue weighted by atomic mass is 35.5. The van der Waals surface area contributed by atoms with Crippen LogP contribution in [0.2, 0.25) is 5.15 Å². The predicted molar refractivity (Wildman–Crippen MR) is 81.8 cm³/mol. The number of halogens is 2. The fourth-order valence-electron chi connectivity index (χ4n) is 2.23. The van der Waals surface area contributed by atoms with Gasteiger partial charge in [0, 0.05) is 13.0 Å². The van der Waals surface area contributed by atoms with Crippen LogP contribution in [-0.2, 0) is 4.74 Å². The minimum absolute atomic E-state index is 0.0492. The summed E-state index contributed by atoms with van der Waals surface area (Å²) in [5, 5.41) is 10.9. The Bertz CT molecular complexity index is 521. The maximum Gasteiger partial charge on any atom is 0.410 e. The van der Waals surface area contributed by atoms with Crippen LogP contribution in [0.1, 0.15) is 27.2 Å². The second kappa shape index (κ2) is 6.64. The lowest BCUT2D eigenvalue weighted by atomic mass is 10.2. The Balaban J connectivity index is 1.95. The van der Waals surface area contributed by atoms with Gasteiger partial charge in [0.25, 0.3) is 0 Å². The summed E-state index contributed by atoms with van der Waals surface area (Å²) in [7, 11) is 0. The molecule has 1 aromatic heterocycles. The molecule has 1 amide bonds. The zero-order valence-corrected chi connectivity index (χ0v) is 13.6. The van der Waals surface area contributed by atoms with E-state index in [2.05, 4.69) is 15.5 Å². The quantitative estimate of drug-likeness (QED) is 0.923. The van der Waals surface area contributed by atoms with Gasteiger partial charge in [0.2, 0.25) is 0 Å². The molecule has 6 nitrogen and oxygen atoms in total. The lowest BCUT2D eigenvalue weighted by Gasteiger charge is -2.28. The van der Waals surface area contributed by atoms with E-state index < -0.39 is 17.9 Å². The van der Waals surface area contributed by atoms with Gasteiger partial charge in [-0.3, -0.25) is 0 Å². The fourth-order valence-corrected chi connectivity index (χ4v) is 2.33. The molecule has 0 unspecified atom stereocenters. The standard InChI is InChI=1S/C14H20ClFN4O2/c1-14(2,3)22-13(21)20-8-9(16)6-10(20)7-17-12-5-4-11(15)18-19-12/h4-5,9-10H,6-8H2,1-3H3,(H,17,19)/t9-,10+/m1/s1. The van der Waals surface area contributed by atoms with E-state index in [-0.39, 0.29) is 19.0 Å². The van der Waals surface area contributed by atoms with Crippen LogP contribution in [0.4, 0.5) is 15.0 Å². The minimum atomic E-state index is -1.05. The molecule has 1 saturated heterocycles. The number of hydrogen-bond acceptors (Lipinski definition) is 5. The summed E-state index contributed by atoms with van der Waals surface area (Å²) in [5.41, 5.74) is -0.606. The number of aromatic nitrogens is 2. The first-order chi connectivity index (χ1) is 10.2. The largest absolute Gasteiger partial charge is 0.444 e. The first-order valence-electron chi connectivity index (χ1n) is 7.11. The number of ether oxygens (including phenoxy) is 1. The molecule has 0 aromatic carbocycles. The van der Waals surface area contributed by atoms with Gasteiger partial charge in [-0.05, 0) is 32.9 Å². The van der Waals surface area contributed by atoms with Gasteiger partial charge in [0.15, 0.2) is 5.15 Å². The summed E-state index contributed by atoms with van der Waals surface area (Å²) in [4.78, 5) is 13.6. The molecular weight excluding hydrogens is 311 g/mol. The molecule has 1 aliphatic rings. The van der Waals surface area contributed by atoms with Crippen LogP contribution in [-0.4, -0.2) is 52.1 Å². The molecule has 2 heterocycles. The third kappa shape index (κ3) is 4.69. The lowest BCUT2D eigenvalue weighted by molar-refractivity contribution is 0.0226. The van der Waals surface area contributed by atoms with Gasteiger partial charge in [0.05, 0.1) is 12.6 Å². The van der Waals surface area contributed by atoms with E-state index in [4.69, 9.17) is 16.3 Å². The number of carbonyl (C=O) groups is 1. The Morgan fingerprint density at radius 2 is 2.23 bits per heavy atom. The maximum atomic E-state index is 13.7. The molecule has 1 aliphatic heterocycles. The average molecular weight is 331 g/mol. The van der Waals surface area contributed by atoms with Gasteiger partial charge in [0.1, 0.15) is 17.6 Å². The molecule has 22 heavy (non-hydrogen) atoms. The Kier molecular flexibility index (Phi) is 5.05. The molecular formula is C14H20ClFN4O2. The van der Waals surface area contributed by atoms with Crippen LogP contribution in [0.15, 0.2) is 12.1 Å². The second-order valence-electron chi connectivity index (χ2n) is 6.24. The molecule has 1 N–H and O–H groups in total. The first kappa shape index (κ1) is 16.7. The van der Waals surface area contributed by atoms with Crippen LogP contribution < -0.4 is 5.32 Å². The molecule has 0 saturated carbocycles. The number of nitrogens with zero attached hydrogens (tertiary/aromatic N) is 3. The number of amides is 1. The van der Waals surface area contributed by atoms with E-state index >= 15 is 0 Å². The Hall–Kier alpha value is -1.63. The molecule has 2 rings (SSSR count). The lowest BCUT2D eigenvalue weighted by Crippen LogP contribution is -2.42. The van der Waals surface area contributed by atoms with Crippen molar-refractivity contribution in [3.8, 4) is 0 Å². The monoisotopic (exact) mass is 330 g/mol. The number of anilines is 1. The molecule has 0 radical (unpaired) electrons. The number of carbonyl (C=O) groups excluding carboxylic acids is 1. The summed E-state index contributed by atoms with van der Waals surface area (Å²) in [6.07, 6.45) is -1.27. The van der Waals surface area contributed by atoms with Gasteiger partial charge in [-0.25, -0.2) is 9.18 Å². The summed E-state index contributed by atoms with van der Waals surface area (Å²) >= 11 is 5.66. The molecule has 1 fully saturated rings. The van der Waals surface area contributed by atoms with E-state index in [1.165, 1.54) is 4.90 Å².